The second-order valence-corrected chi connectivity index (χ2v) is 12.8. The van der Waals surface area contributed by atoms with E-state index in [-0.39, 0.29) is 12.2 Å². The first-order valence-electron chi connectivity index (χ1n) is 13.5. The first-order valence-corrected chi connectivity index (χ1v) is 13.5. The Hall–Kier alpha value is -3.64. The zero-order chi connectivity index (χ0) is 28.5. The Balaban J connectivity index is 1.87. The van der Waals surface area contributed by atoms with Gasteiger partial charge < -0.3 is 14.9 Å². The van der Waals surface area contributed by atoms with Gasteiger partial charge in [-0.2, -0.15) is 0 Å². The standard InChI is InChI=1S/C33H37NO5/c1-8-32-26(20-18-23(30(2,3)4)27(35)24(19-20)31(5,6)7)22-16-12-13-17-25(22)39-33(32,38)29(37)34(28(32)36)21-14-10-9-11-15-21/h9-19,26,35,38H,8H2,1-7H3/t26-,32-,33+/m0/s1. The second kappa shape index (κ2) is 8.68. The smallest absolute Gasteiger partial charge is 0.307 e. The van der Waals surface area contributed by atoms with Crippen LogP contribution in [-0.2, 0) is 20.4 Å². The highest BCUT2D eigenvalue weighted by atomic mass is 16.6. The minimum atomic E-state index is -2.42. The highest BCUT2D eigenvalue weighted by Crippen LogP contribution is 2.62. The number of rotatable bonds is 3. The summed E-state index contributed by atoms with van der Waals surface area (Å²) in [6.07, 6.45) is 0.146. The van der Waals surface area contributed by atoms with Gasteiger partial charge in [0.05, 0.1) is 5.69 Å². The van der Waals surface area contributed by atoms with Crippen LogP contribution in [-0.4, -0.2) is 27.8 Å². The normalized spacial score (nSPS) is 24.8. The van der Waals surface area contributed by atoms with E-state index in [1.54, 1.807) is 42.5 Å². The number of phenols is 1. The summed E-state index contributed by atoms with van der Waals surface area (Å²) in [5.74, 6) is -3.87. The zero-order valence-corrected chi connectivity index (χ0v) is 23.7. The summed E-state index contributed by atoms with van der Waals surface area (Å²) in [7, 11) is 0. The van der Waals surface area contributed by atoms with Crippen molar-refractivity contribution in [3.8, 4) is 11.5 Å². The topological polar surface area (TPSA) is 87.1 Å². The molecular formula is C33H37NO5. The molecule has 3 aromatic rings. The van der Waals surface area contributed by atoms with Gasteiger partial charge in [-0.1, -0.05) is 97.0 Å². The molecule has 6 heteroatoms. The van der Waals surface area contributed by atoms with E-state index in [0.29, 0.717) is 17.0 Å². The summed E-state index contributed by atoms with van der Waals surface area (Å²) in [5.41, 5.74) is 0.847. The Morgan fingerprint density at radius 2 is 1.38 bits per heavy atom. The van der Waals surface area contributed by atoms with E-state index in [1.165, 1.54) is 0 Å². The van der Waals surface area contributed by atoms with E-state index in [2.05, 4.69) is 0 Å². The van der Waals surface area contributed by atoms with E-state index in [9.17, 15) is 19.8 Å². The van der Waals surface area contributed by atoms with Crippen LogP contribution in [0.5, 0.6) is 11.5 Å². The Bertz CT molecular complexity index is 1430. The summed E-state index contributed by atoms with van der Waals surface area (Å²) in [4.78, 5) is 29.6. The monoisotopic (exact) mass is 527 g/mol. The van der Waals surface area contributed by atoms with Crippen LogP contribution in [0.25, 0.3) is 0 Å². The molecule has 39 heavy (non-hydrogen) atoms. The summed E-state index contributed by atoms with van der Waals surface area (Å²) < 4.78 is 6.14. The zero-order valence-electron chi connectivity index (χ0n) is 23.7. The van der Waals surface area contributed by atoms with Crippen molar-refractivity contribution in [2.75, 3.05) is 4.90 Å². The predicted molar refractivity (Wildman–Crippen MR) is 151 cm³/mol. The Morgan fingerprint density at radius 3 is 1.92 bits per heavy atom. The number of benzene rings is 3. The molecule has 2 aliphatic rings. The van der Waals surface area contributed by atoms with E-state index in [4.69, 9.17) is 4.74 Å². The number of fused-ring (bicyclic) bond motifs is 2. The van der Waals surface area contributed by atoms with Crippen molar-refractivity contribution in [1.82, 2.24) is 0 Å². The average Bonchev–Trinajstić information content (AvgIpc) is 3.04. The lowest BCUT2D eigenvalue weighted by Crippen LogP contribution is -2.60. The van der Waals surface area contributed by atoms with E-state index in [0.717, 1.165) is 21.6 Å². The van der Waals surface area contributed by atoms with Crippen molar-refractivity contribution in [1.29, 1.82) is 0 Å². The van der Waals surface area contributed by atoms with Gasteiger partial charge in [0.25, 0.3) is 0 Å². The molecule has 6 nitrogen and oxygen atoms in total. The van der Waals surface area contributed by atoms with Gasteiger partial charge in [-0.3, -0.25) is 9.59 Å². The fourth-order valence-corrected chi connectivity index (χ4v) is 6.31. The summed E-state index contributed by atoms with van der Waals surface area (Å²) in [6.45, 7) is 14.0. The third-order valence-electron chi connectivity index (χ3n) is 8.32. The number of aromatic hydroxyl groups is 1. The number of phenolic OH excluding ortho intramolecular Hbond substituents is 1. The first kappa shape index (κ1) is 26.9. The molecule has 2 amide bonds. The molecule has 3 atom stereocenters. The minimum Gasteiger partial charge on any atom is -0.507 e. The van der Waals surface area contributed by atoms with Gasteiger partial charge in [0.2, 0.25) is 5.91 Å². The highest BCUT2D eigenvalue weighted by Gasteiger charge is 2.76. The molecule has 0 aromatic heterocycles. The lowest BCUT2D eigenvalue weighted by molar-refractivity contribution is -0.214. The molecule has 0 unspecified atom stereocenters. The molecule has 0 bridgehead atoms. The molecule has 0 spiro atoms. The van der Waals surface area contributed by atoms with Crippen LogP contribution in [0, 0.1) is 5.41 Å². The number of carbonyl (C=O) groups is 2. The third kappa shape index (κ3) is 3.72. The quantitative estimate of drug-likeness (QED) is 0.398. The average molecular weight is 528 g/mol. The van der Waals surface area contributed by atoms with Crippen molar-refractivity contribution in [2.24, 2.45) is 5.41 Å². The van der Waals surface area contributed by atoms with Gasteiger partial charge in [0, 0.05) is 11.5 Å². The van der Waals surface area contributed by atoms with Crippen molar-refractivity contribution in [2.45, 2.75) is 77.4 Å². The first-order chi connectivity index (χ1) is 18.2. The van der Waals surface area contributed by atoms with Gasteiger partial charge in [-0.05, 0) is 52.1 Å². The number of ether oxygens (including phenoxy) is 1. The van der Waals surface area contributed by atoms with E-state index in [1.807, 2.05) is 72.7 Å². The van der Waals surface area contributed by atoms with Crippen molar-refractivity contribution in [3.05, 3.63) is 89.0 Å². The van der Waals surface area contributed by atoms with Crippen LogP contribution in [0.4, 0.5) is 5.69 Å². The van der Waals surface area contributed by atoms with Crippen LogP contribution >= 0.6 is 0 Å². The summed E-state index contributed by atoms with van der Waals surface area (Å²) >= 11 is 0. The molecule has 5 rings (SSSR count). The molecule has 1 saturated heterocycles. The van der Waals surface area contributed by atoms with E-state index < -0.39 is 39.8 Å². The molecule has 3 aromatic carbocycles. The molecule has 1 fully saturated rings. The Labute approximate surface area is 230 Å². The van der Waals surface area contributed by atoms with Crippen LogP contribution < -0.4 is 9.64 Å². The molecule has 204 valence electrons. The second-order valence-electron chi connectivity index (χ2n) is 12.8. The van der Waals surface area contributed by atoms with Gasteiger partial charge in [-0.25, -0.2) is 4.90 Å². The minimum absolute atomic E-state index is 0.146. The van der Waals surface area contributed by atoms with Crippen molar-refractivity contribution < 1.29 is 24.5 Å². The van der Waals surface area contributed by atoms with E-state index >= 15 is 0 Å². The fraction of sp³-hybridized carbons (Fsp3) is 0.394. The molecule has 0 saturated carbocycles. The van der Waals surface area contributed by atoms with Gasteiger partial charge in [-0.15, -0.1) is 0 Å². The van der Waals surface area contributed by atoms with Crippen LogP contribution in [0.1, 0.15) is 83.1 Å². The summed E-state index contributed by atoms with van der Waals surface area (Å²) in [5, 5.41) is 23.7. The maximum Gasteiger partial charge on any atom is 0.307 e. The number of para-hydroxylation sites is 2. The lowest BCUT2D eigenvalue weighted by atomic mass is 9.60. The predicted octanol–water partition coefficient (Wildman–Crippen LogP) is 6.17. The Morgan fingerprint density at radius 1 is 0.846 bits per heavy atom. The third-order valence-corrected chi connectivity index (χ3v) is 8.32. The number of hydrogen-bond acceptors (Lipinski definition) is 5. The molecule has 2 aliphatic heterocycles. The molecule has 2 heterocycles. The van der Waals surface area contributed by atoms with Gasteiger partial charge in [0.1, 0.15) is 16.9 Å². The summed E-state index contributed by atoms with van der Waals surface area (Å²) in [6, 6.07) is 19.8. The molecule has 0 radical (unpaired) electrons. The van der Waals surface area contributed by atoms with Crippen LogP contribution in [0.15, 0.2) is 66.7 Å². The number of imide groups is 1. The Kier molecular flexibility index (Phi) is 6.00. The number of aliphatic hydroxyl groups is 1. The molecular weight excluding hydrogens is 490 g/mol. The lowest BCUT2D eigenvalue weighted by Gasteiger charge is -2.47. The number of hydrogen-bond donors (Lipinski definition) is 2. The van der Waals surface area contributed by atoms with Crippen LogP contribution in [0.2, 0.25) is 0 Å². The molecule has 2 N–H and O–H groups in total. The SMILES string of the molecule is CC[C@]12C(=O)N(c3ccccc3)C(=O)[C@@]1(O)Oc1ccccc1[C@@H]2c1cc(C(C)(C)C)c(O)c(C(C)(C)C)c1. The highest BCUT2D eigenvalue weighted by molar-refractivity contribution is 6.26. The number of nitrogens with zero attached hydrogens (tertiary/aromatic N) is 1. The number of anilines is 1. The maximum absolute atomic E-state index is 14.5. The number of amides is 2. The maximum atomic E-state index is 14.5. The largest absolute Gasteiger partial charge is 0.507 e. The molecule has 0 aliphatic carbocycles. The number of carbonyl (C=O) groups excluding carboxylic acids is 2. The van der Waals surface area contributed by atoms with Crippen molar-refractivity contribution >= 4 is 17.5 Å². The van der Waals surface area contributed by atoms with Crippen LogP contribution in [0.3, 0.4) is 0 Å². The van der Waals surface area contributed by atoms with Gasteiger partial charge in [0.15, 0.2) is 0 Å². The van der Waals surface area contributed by atoms with Gasteiger partial charge >= 0.3 is 11.7 Å². The van der Waals surface area contributed by atoms with Crippen molar-refractivity contribution in [3.63, 3.8) is 0 Å². The fourth-order valence-electron chi connectivity index (χ4n) is 6.31.